The summed E-state index contributed by atoms with van der Waals surface area (Å²) in [5.74, 6) is 0. The van der Waals surface area contributed by atoms with E-state index in [4.69, 9.17) is 0 Å². The molecular weight excluding hydrogens is 779 g/mol. The van der Waals surface area contributed by atoms with Gasteiger partial charge < -0.3 is 4.90 Å². The molecule has 0 amide bonds. The number of hydrogen-bond acceptors (Lipinski definition) is 2. The summed E-state index contributed by atoms with van der Waals surface area (Å²) in [5.41, 5.74) is 16.0. The lowest BCUT2D eigenvalue weighted by Gasteiger charge is -2.32. The maximum absolute atomic E-state index is 2.52. The van der Waals surface area contributed by atoms with E-state index >= 15 is 0 Å². The quantitative estimate of drug-likeness (QED) is 0.160. The zero-order valence-electron chi connectivity index (χ0n) is 34.2. The van der Waals surface area contributed by atoms with Crippen LogP contribution >= 0.6 is 11.3 Å². The van der Waals surface area contributed by atoms with Gasteiger partial charge in [-0.15, -0.1) is 11.3 Å². The fourth-order valence-corrected chi connectivity index (χ4v) is 12.6. The van der Waals surface area contributed by atoms with Crippen LogP contribution in [0.2, 0.25) is 0 Å². The zero-order valence-corrected chi connectivity index (χ0v) is 35.0. The third-order valence-corrected chi connectivity index (χ3v) is 15.2. The summed E-state index contributed by atoms with van der Waals surface area (Å²) >= 11 is 1.87. The summed E-state index contributed by atoms with van der Waals surface area (Å²) < 4.78 is 2.65. The van der Waals surface area contributed by atoms with Gasteiger partial charge in [-0.05, 0) is 131 Å². The Morgan fingerprint density at radius 2 is 0.778 bits per heavy atom. The van der Waals surface area contributed by atoms with Crippen molar-refractivity contribution < 1.29 is 0 Å². The van der Waals surface area contributed by atoms with Gasteiger partial charge in [0.25, 0.3) is 0 Å². The van der Waals surface area contributed by atoms with Crippen LogP contribution in [0.3, 0.4) is 0 Å². The highest BCUT2D eigenvalue weighted by atomic mass is 32.1. The summed E-state index contributed by atoms with van der Waals surface area (Å²) in [4.78, 5) is 2.52. The molecule has 0 radical (unpaired) electrons. The molecule has 63 heavy (non-hydrogen) atoms. The molecule has 0 unspecified atom stereocenters. The van der Waals surface area contributed by atoms with Crippen LogP contribution in [0.1, 0.15) is 22.3 Å². The minimum Gasteiger partial charge on any atom is -0.310 e. The molecule has 0 saturated carbocycles. The van der Waals surface area contributed by atoms with E-state index in [1.807, 2.05) is 11.3 Å². The molecule has 2 heteroatoms. The second kappa shape index (κ2) is 13.1. The van der Waals surface area contributed by atoms with Crippen molar-refractivity contribution in [3.63, 3.8) is 0 Å². The molecule has 11 aromatic carbocycles. The second-order valence-corrected chi connectivity index (χ2v) is 18.2. The first-order chi connectivity index (χ1) is 31.3. The Morgan fingerprint density at radius 3 is 1.43 bits per heavy atom. The van der Waals surface area contributed by atoms with Crippen molar-refractivity contribution in [2.45, 2.75) is 5.41 Å². The van der Waals surface area contributed by atoms with Crippen molar-refractivity contribution in [3.05, 3.63) is 247 Å². The molecule has 0 fully saturated rings. The first kappa shape index (κ1) is 34.9. The summed E-state index contributed by atoms with van der Waals surface area (Å²) in [5, 5.41) is 10.2. The van der Waals surface area contributed by atoms with E-state index in [9.17, 15) is 0 Å². The average molecular weight is 816 g/mol. The average Bonchev–Trinajstić information content (AvgIpc) is 3.98. The van der Waals surface area contributed by atoms with Gasteiger partial charge in [-0.25, -0.2) is 0 Å². The van der Waals surface area contributed by atoms with Gasteiger partial charge in [0.1, 0.15) is 0 Å². The Balaban J connectivity index is 1.03. The Labute approximate surface area is 369 Å². The van der Waals surface area contributed by atoms with E-state index in [1.54, 1.807) is 0 Å². The molecule has 1 spiro atoms. The number of hydrogen-bond donors (Lipinski definition) is 0. The predicted molar refractivity (Wildman–Crippen MR) is 268 cm³/mol. The van der Waals surface area contributed by atoms with Crippen LogP contribution in [0, 0.1) is 0 Å². The zero-order chi connectivity index (χ0) is 41.2. The molecule has 0 atom stereocenters. The lowest BCUT2D eigenvalue weighted by atomic mass is 9.70. The summed E-state index contributed by atoms with van der Waals surface area (Å²) in [6.07, 6.45) is 0. The molecule has 292 valence electrons. The maximum Gasteiger partial charge on any atom is 0.0726 e. The molecule has 1 heterocycles. The van der Waals surface area contributed by atoms with Gasteiger partial charge in [0.05, 0.1) is 11.1 Å². The van der Waals surface area contributed by atoms with Crippen LogP contribution in [0.5, 0.6) is 0 Å². The van der Waals surface area contributed by atoms with Gasteiger partial charge in [0.2, 0.25) is 0 Å². The standard InChI is InChI=1S/C61H37NS/c1-2-15-44-42(14-1)43-16-3-4-21-50(43)60-51(44)22-13-26-57(60)62(40-31-28-38(29-32-40)39-30-35-59-52(36-39)49-20-8-12-27-58(49)63-59)41-33-34-48-47-19-7-11-25-55(47)61(56(48)37-41)53-23-9-5-17-45(53)46-18-6-10-24-54(46)61/h1-37H. The molecule has 0 aliphatic heterocycles. The lowest BCUT2D eigenvalue weighted by molar-refractivity contribution is 0.793. The minimum atomic E-state index is -0.448. The number of anilines is 3. The molecule has 0 saturated heterocycles. The smallest absolute Gasteiger partial charge is 0.0726 e. The first-order valence-corrected chi connectivity index (χ1v) is 22.7. The van der Waals surface area contributed by atoms with E-state index in [-0.39, 0.29) is 0 Å². The summed E-state index contributed by atoms with van der Waals surface area (Å²) in [7, 11) is 0. The molecule has 0 N–H and O–H groups in total. The van der Waals surface area contributed by atoms with E-state index in [0.29, 0.717) is 0 Å². The van der Waals surface area contributed by atoms with Crippen LogP contribution in [-0.4, -0.2) is 0 Å². The van der Waals surface area contributed by atoms with E-state index < -0.39 is 5.41 Å². The van der Waals surface area contributed by atoms with Gasteiger partial charge in [-0.2, -0.15) is 0 Å². The Morgan fingerprint density at radius 1 is 0.302 bits per heavy atom. The number of rotatable bonds is 4. The highest BCUT2D eigenvalue weighted by Crippen LogP contribution is 2.63. The monoisotopic (exact) mass is 815 g/mol. The van der Waals surface area contributed by atoms with E-state index in [1.165, 1.54) is 108 Å². The number of nitrogens with zero attached hydrogens (tertiary/aromatic N) is 1. The van der Waals surface area contributed by atoms with Gasteiger partial charge in [0.15, 0.2) is 0 Å². The van der Waals surface area contributed by atoms with Crippen molar-refractivity contribution >= 4 is 80.9 Å². The summed E-state index contributed by atoms with van der Waals surface area (Å²) in [6.45, 7) is 0. The molecule has 14 rings (SSSR count). The lowest BCUT2D eigenvalue weighted by Crippen LogP contribution is -2.26. The maximum atomic E-state index is 2.52. The van der Waals surface area contributed by atoms with Crippen molar-refractivity contribution in [1.82, 2.24) is 0 Å². The first-order valence-electron chi connectivity index (χ1n) is 21.8. The van der Waals surface area contributed by atoms with Gasteiger partial charge >= 0.3 is 0 Å². The Bertz CT molecular complexity index is 3760. The highest BCUT2D eigenvalue weighted by Gasteiger charge is 2.51. The number of fused-ring (bicyclic) bond motifs is 19. The van der Waals surface area contributed by atoms with Crippen molar-refractivity contribution in [3.8, 4) is 33.4 Å². The molecule has 2 aliphatic rings. The molecule has 1 nitrogen and oxygen atoms in total. The fourth-order valence-electron chi connectivity index (χ4n) is 11.5. The van der Waals surface area contributed by atoms with Crippen molar-refractivity contribution in [2.24, 2.45) is 0 Å². The summed E-state index contributed by atoms with van der Waals surface area (Å²) in [6, 6.07) is 84.2. The van der Waals surface area contributed by atoms with Crippen LogP contribution in [0.15, 0.2) is 224 Å². The van der Waals surface area contributed by atoms with Crippen LogP contribution in [-0.2, 0) is 5.41 Å². The van der Waals surface area contributed by atoms with Crippen molar-refractivity contribution in [1.29, 1.82) is 0 Å². The van der Waals surface area contributed by atoms with Gasteiger partial charge in [-0.1, -0.05) is 176 Å². The van der Waals surface area contributed by atoms with Crippen LogP contribution < -0.4 is 4.90 Å². The third-order valence-electron chi connectivity index (χ3n) is 14.1. The number of thiophene rings is 1. The SMILES string of the molecule is c1ccc2c(c1)-c1ccccc1C21c2ccccc2-c2ccc(N(c3ccc(-c4ccc5sc6ccccc6c5c4)cc3)c3cccc4c5ccccc5c5ccccc5c34)cc21. The topological polar surface area (TPSA) is 3.24 Å². The van der Waals surface area contributed by atoms with E-state index in [2.05, 4.69) is 229 Å². The number of benzene rings is 11. The fraction of sp³-hybridized carbons (Fsp3) is 0.0164. The third kappa shape index (κ3) is 4.76. The molecule has 2 aliphatic carbocycles. The predicted octanol–water partition coefficient (Wildman–Crippen LogP) is 17.0. The van der Waals surface area contributed by atoms with Crippen molar-refractivity contribution in [2.75, 3.05) is 4.90 Å². The molecule has 0 bridgehead atoms. The van der Waals surface area contributed by atoms with Gasteiger partial charge in [0, 0.05) is 36.9 Å². The molecule has 1 aromatic heterocycles. The normalized spacial score (nSPS) is 13.2. The Hall–Kier alpha value is -7.78. The minimum absolute atomic E-state index is 0.448. The second-order valence-electron chi connectivity index (χ2n) is 17.1. The largest absolute Gasteiger partial charge is 0.310 e. The Kier molecular flexibility index (Phi) is 7.26. The van der Waals surface area contributed by atoms with E-state index in [0.717, 1.165) is 17.1 Å². The van der Waals surface area contributed by atoms with Crippen LogP contribution in [0.4, 0.5) is 17.1 Å². The highest BCUT2D eigenvalue weighted by molar-refractivity contribution is 7.25. The molecular formula is C61H37NS. The van der Waals surface area contributed by atoms with Gasteiger partial charge in [-0.3, -0.25) is 0 Å². The van der Waals surface area contributed by atoms with Crippen LogP contribution in [0.25, 0.3) is 85.9 Å². The molecule has 12 aromatic rings.